The van der Waals surface area contributed by atoms with Crippen molar-refractivity contribution in [3.63, 3.8) is 0 Å². The number of carbonyl (C=O) groups is 2. The van der Waals surface area contributed by atoms with Crippen LogP contribution in [0, 0.1) is 0 Å². The van der Waals surface area contributed by atoms with E-state index >= 15 is 0 Å². The van der Waals surface area contributed by atoms with Crippen molar-refractivity contribution in [1.82, 2.24) is 9.80 Å². The van der Waals surface area contributed by atoms with Crippen molar-refractivity contribution in [3.05, 3.63) is 46.5 Å². The Bertz CT molecular complexity index is 1180. The average Bonchev–Trinajstić information content (AvgIpc) is 3.17. The van der Waals surface area contributed by atoms with Gasteiger partial charge in [0.05, 0.1) is 35.5 Å². The topological polar surface area (TPSA) is 86.8 Å². The number of aldehydes is 1. The third-order valence-corrected chi connectivity index (χ3v) is 7.19. The molecule has 0 N–H and O–H groups in total. The number of hydrogen-bond acceptors (Lipinski definition) is 8. The molecule has 2 aromatic rings. The molecule has 1 amide bonds. The second-order valence-corrected chi connectivity index (χ2v) is 9.40. The van der Waals surface area contributed by atoms with Gasteiger partial charge in [0.2, 0.25) is 11.7 Å². The van der Waals surface area contributed by atoms with E-state index in [4.69, 9.17) is 23.7 Å². The van der Waals surface area contributed by atoms with Crippen LogP contribution in [0.4, 0.5) is 0 Å². The molecule has 2 aromatic carbocycles. The number of aryl methyl sites for hydroxylation is 1. The average molecular weight is 525 g/mol. The van der Waals surface area contributed by atoms with Gasteiger partial charge in [0, 0.05) is 31.8 Å². The van der Waals surface area contributed by atoms with Crippen LogP contribution in [0.1, 0.15) is 29.5 Å². The minimum Gasteiger partial charge on any atom is -0.493 e. The maximum absolute atomic E-state index is 13.6. The number of ether oxygens (including phenoxy) is 5. The monoisotopic (exact) mass is 524 g/mol. The third kappa shape index (κ3) is 5.57. The standard InChI is InChI=1S/C29H36N2O7/c1-34-24-14-20-7-6-8-21(13-22(20)15-25(24)35-2)29(33)31-10-9-30(17-23(31)18-32)16-19-11-26(36-3)28(38-5)27(12-19)37-4/h11-15,18,23H,6-10,16-17H2,1-5H3. The van der Waals surface area contributed by atoms with Crippen molar-refractivity contribution >= 4 is 18.3 Å². The number of benzene rings is 2. The molecular formula is C29H36N2O7. The van der Waals surface area contributed by atoms with Gasteiger partial charge in [0.25, 0.3) is 0 Å². The highest BCUT2D eigenvalue weighted by atomic mass is 16.5. The molecule has 0 bridgehead atoms. The summed E-state index contributed by atoms with van der Waals surface area (Å²) in [5.74, 6) is 2.92. The first-order valence-electron chi connectivity index (χ1n) is 12.7. The Hall–Kier alpha value is -3.72. The minimum absolute atomic E-state index is 0.0860. The fourth-order valence-corrected chi connectivity index (χ4v) is 5.24. The largest absolute Gasteiger partial charge is 0.493 e. The first kappa shape index (κ1) is 27.3. The van der Waals surface area contributed by atoms with Crippen LogP contribution in [0.5, 0.6) is 28.7 Å². The van der Waals surface area contributed by atoms with Gasteiger partial charge >= 0.3 is 0 Å². The molecule has 1 aliphatic carbocycles. The van der Waals surface area contributed by atoms with E-state index < -0.39 is 6.04 Å². The summed E-state index contributed by atoms with van der Waals surface area (Å²) in [6.45, 7) is 2.13. The van der Waals surface area contributed by atoms with Crippen LogP contribution >= 0.6 is 0 Å². The Morgan fingerprint density at radius 2 is 1.53 bits per heavy atom. The summed E-state index contributed by atoms with van der Waals surface area (Å²) in [5.41, 5.74) is 3.75. The molecule has 1 unspecified atom stereocenters. The quantitative estimate of drug-likeness (QED) is 0.462. The summed E-state index contributed by atoms with van der Waals surface area (Å²) in [6, 6.07) is 7.18. The Morgan fingerprint density at radius 3 is 2.13 bits per heavy atom. The smallest absolute Gasteiger partial charge is 0.250 e. The molecule has 1 heterocycles. The number of amides is 1. The molecule has 204 valence electrons. The van der Waals surface area contributed by atoms with Crippen LogP contribution in [0.25, 0.3) is 6.08 Å². The van der Waals surface area contributed by atoms with Gasteiger partial charge in [-0.3, -0.25) is 9.69 Å². The number of piperazine rings is 1. The van der Waals surface area contributed by atoms with E-state index in [1.54, 1.807) is 40.4 Å². The van der Waals surface area contributed by atoms with Crippen molar-refractivity contribution in [2.24, 2.45) is 0 Å². The van der Waals surface area contributed by atoms with Gasteiger partial charge in [0.15, 0.2) is 23.0 Å². The first-order chi connectivity index (χ1) is 18.5. The zero-order valence-electron chi connectivity index (χ0n) is 22.7. The molecule has 0 aromatic heterocycles. The lowest BCUT2D eigenvalue weighted by atomic mass is 10.0. The minimum atomic E-state index is -0.535. The van der Waals surface area contributed by atoms with Crippen LogP contribution in [-0.4, -0.2) is 83.2 Å². The number of carbonyl (C=O) groups excluding carboxylic acids is 2. The van der Waals surface area contributed by atoms with Gasteiger partial charge < -0.3 is 33.4 Å². The first-order valence-corrected chi connectivity index (χ1v) is 12.7. The number of methoxy groups -OCH3 is 5. The summed E-state index contributed by atoms with van der Waals surface area (Å²) in [5, 5.41) is 0. The zero-order valence-corrected chi connectivity index (χ0v) is 22.7. The molecule has 9 heteroatoms. The Balaban J connectivity index is 1.51. The highest BCUT2D eigenvalue weighted by Gasteiger charge is 2.32. The predicted molar refractivity (Wildman–Crippen MR) is 143 cm³/mol. The molecule has 0 spiro atoms. The Kier molecular flexibility index (Phi) is 8.78. The zero-order chi connectivity index (χ0) is 27.2. The van der Waals surface area contributed by atoms with E-state index in [-0.39, 0.29) is 5.91 Å². The van der Waals surface area contributed by atoms with E-state index in [2.05, 4.69) is 4.90 Å². The second-order valence-electron chi connectivity index (χ2n) is 9.40. The summed E-state index contributed by atoms with van der Waals surface area (Å²) in [4.78, 5) is 29.6. The van der Waals surface area contributed by atoms with Crippen LogP contribution in [0.15, 0.2) is 29.8 Å². The van der Waals surface area contributed by atoms with Crippen LogP contribution < -0.4 is 23.7 Å². The van der Waals surface area contributed by atoms with Gasteiger partial charge in [-0.05, 0) is 66.3 Å². The molecule has 1 saturated heterocycles. The number of fused-ring (bicyclic) bond motifs is 1. The van der Waals surface area contributed by atoms with E-state index in [0.29, 0.717) is 66.9 Å². The fraction of sp³-hybridized carbons (Fsp3) is 0.448. The van der Waals surface area contributed by atoms with Gasteiger partial charge in [-0.1, -0.05) is 0 Å². The molecule has 1 atom stereocenters. The van der Waals surface area contributed by atoms with Gasteiger partial charge in [-0.25, -0.2) is 0 Å². The second kappa shape index (κ2) is 12.2. The number of nitrogens with zero attached hydrogens (tertiary/aromatic N) is 2. The lowest BCUT2D eigenvalue weighted by molar-refractivity contribution is -0.136. The molecule has 9 nitrogen and oxygen atoms in total. The third-order valence-electron chi connectivity index (χ3n) is 7.19. The Labute approximate surface area is 223 Å². The summed E-state index contributed by atoms with van der Waals surface area (Å²) in [6.07, 6.45) is 5.14. The van der Waals surface area contributed by atoms with Gasteiger partial charge in [-0.15, -0.1) is 0 Å². The summed E-state index contributed by atoms with van der Waals surface area (Å²) < 4.78 is 27.3. The maximum atomic E-state index is 13.6. The van der Waals surface area contributed by atoms with E-state index in [1.807, 2.05) is 30.3 Å². The van der Waals surface area contributed by atoms with Crippen molar-refractivity contribution in [2.75, 3.05) is 55.2 Å². The lowest BCUT2D eigenvalue weighted by Crippen LogP contribution is -2.55. The maximum Gasteiger partial charge on any atom is 0.250 e. The van der Waals surface area contributed by atoms with Gasteiger partial charge in [0.1, 0.15) is 12.3 Å². The summed E-state index contributed by atoms with van der Waals surface area (Å²) in [7, 11) is 7.96. The summed E-state index contributed by atoms with van der Waals surface area (Å²) >= 11 is 0. The van der Waals surface area contributed by atoms with Crippen LogP contribution in [-0.2, 0) is 22.6 Å². The molecule has 1 aliphatic heterocycles. The van der Waals surface area contributed by atoms with E-state index in [0.717, 1.165) is 35.8 Å². The van der Waals surface area contributed by atoms with Crippen LogP contribution in [0.3, 0.4) is 0 Å². The molecule has 1 fully saturated rings. The normalized spacial score (nSPS) is 17.6. The van der Waals surface area contributed by atoms with Crippen molar-refractivity contribution in [3.8, 4) is 28.7 Å². The molecule has 38 heavy (non-hydrogen) atoms. The van der Waals surface area contributed by atoms with E-state index in [1.165, 1.54) is 0 Å². The van der Waals surface area contributed by atoms with Crippen molar-refractivity contribution in [1.29, 1.82) is 0 Å². The van der Waals surface area contributed by atoms with Crippen molar-refractivity contribution < 1.29 is 33.3 Å². The highest BCUT2D eigenvalue weighted by Crippen LogP contribution is 2.39. The van der Waals surface area contributed by atoms with Gasteiger partial charge in [-0.2, -0.15) is 0 Å². The number of hydrogen-bond donors (Lipinski definition) is 0. The molecule has 2 aliphatic rings. The fourth-order valence-electron chi connectivity index (χ4n) is 5.24. The highest BCUT2D eigenvalue weighted by molar-refractivity contribution is 5.99. The molecule has 0 saturated carbocycles. The lowest BCUT2D eigenvalue weighted by Gasteiger charge is -2.39. The molecule has 4 rings (SSSR count). The van der Waals surface area contributed by atoms with Crippen molar-refractivity contribution in [2.45, 2.75) is 31.8 Å². The Morgan fingerprint density at radius 1 is 0.868 bits per heavy atom. The predicted octanol–water partition coefficient (Wildman–Crippen LogP) is 3.36. The number of rotatable bonds is 9. The molecular weight excluding hydrogens is 488 g/mol. The molecule has 0 radical (unpaired) electrons. The van der Waals surface area contributed by atoms with E-state index in [9.17, 15) is 9.59 Å². The SMILES string of the molecule is COc1cc2c(cc1OC)CCCC(C(=O)N1CCN(Cc3cc(OC)c(OC)c(OC)c3)CC1C=O)=C2. The van der Waals surface area contributed by atoms with Crippen LogP contribution in [0.2, 0.25) is 0 Å².